The largest absolute Gasteiger partial charge is 0.299 e. The number of Topliss-reactive ketones (excluding diaryl/α,β-unsaturated/α-hetero) is 1. The maximum atomic E-state index is 11.7. The second kappa shape index (κ2) is 5.09. The number of carbonyl (C=O) groups is 1. The molecule has 17 heavy (non-hydrogen) atoms. The van der Waals surface area contributed by atoms with Crippen molar-refractivity contribution in [3.63, 3.8) is 0 Å². The summed E-state index contributed by atoms with van der Waals surface area (Å²) >= 11 is 0. The molecule has 2 aliphatic rings. The molecule has 1 heterocycles. The summed E-state index contributed by atoms with van der Waals surface area (Å²) in [6, 6.07) is 0.774. The number of fused-ring (bicyclic) bond motifs is 1. The molecule has 2 nitrogen and oxygen atoms in total. The molecule has 0 aromatic carbocycles. The predicted molar refractivity (Wildman–Crippen MR) is 71.0 cm³/mol. The van der Waals surface area contributed by atoms with Gasteiger partial charge in [0.25, 0.3) is 0 Å². The highest BCUT2D eigenvalue weighted by Gasteiger charge is 2.36. The lowest BCUT2D eigenvalue weighted by Crippen LogP contribution is -2.51. The normalized spacial score (nSPS) is 31.0. The van der Waals surface area contributed by atoms with Gasteiger partial charge in [0.1, 0.15) is 5.78 Å². The quantitative estimate of drug-likeness (QED) is 0.751. The minimum Gasteiger partial charge on any atom is -0.299 e. The summed E-state index contributed by atoms with van der Waals surface area (Å²) in [6.45, 7) is 8.10. The van der Waals surface area contributed by atoms with Crippen LogP contribution in [0.3, 0.4) is 0 Å². The van der Waals surface area contributed by atoms with E-state index >= 15 is 0 Å². The van der Waals surface area contributed by atoms with Crippen LogP contribution in [0.1, 0.15) is 59.3 Å². The Bertz CT molecular complexity index is 283. The van der Waals surface area contributed by atoms with Crippen LogP contribution in [-0.4, -0.2) is 29.8 Å². The number of hydrogen-bond donors (Lipinski definition) is 0. The van der Waals surface area contributed by atoms with Crippen LogP contribution in [0.15, 0.2) is 0 Å². The molecule has 98 valence electrons. The van der Waals surface area contributed by atoms with Crippen LogP contribution in [-0.2, 0) is 4.79 Å². The van der Waals surface area contributed by atoms with Crippen LogP contribution in [0.5, 0.6) is 0 Å². The van der Waals surface area contributed by atoms with Crippen molar-refractivity contribution < 1.29 is 4.79 Å². The molecule has 1 aliphatic carbocycles. The van der Waals surface area contributed by atoms with Gasteiger partial charge in [-0.25, -0.2) is 0 Å². The van der Waals surface area contributed by atoms with Crippen molar-refractivity contribution >= 4 is 5.78 Å². The van der Waals surface area contributed by atoms with Crippen LogP contribution < -0.4 is 0 Å². The van der Waals surface area contributed by atoms with Gasteiger partial charge < -0.3 is 0 Å². The lowest BCUT2D eigenvalue weighted by Gasteiger charge is -2.46. The molecular weight excluding hydrogens is 210 g/mol. The molecule has 2 fully saturated rings. The summed E-state index contributed by atoms with van der Waals surface area (Å²) in [5, 5.41) is 0. The van der Waals surface area contributed by atoms with Crippen LogP contribution in [0.25, 0.3) is 0 Å². The molecule has 0 spiro atoms. The molecule has 2 atom stereocenters. The van der Waals surface area contributed by atoms with Crippen LogP contribution in [0.4, 0.5) is 0 Å². The summed E-state index contributed by atoms with van der Waals surface area (Å²) in [5.74, 6) is 1.25. The lowest BCUT2D eigenvalue weighted by atomic mass is 9.77. The average Bonchev–Trinajstić information content (AvgIpc) is 2.29. The fourth-order valence-electron chi connectivity index (χ4n) is 3.54. The van der Waals surface area contributed by atoms with Gasteiger partial charge in [-0.3, -0.25) is 9.69 Å². The van der Waals surface area contributed by atoms with Crippen LogP contribution >= 0.6 is 0 Å². The topological polar surface area (TPSA) is 20.3 Å². The van der Waals surface area contributed by atoms with Crippen molar-refractivity contribution in [2.75, 3.05) is 13.1 Å². The summed E-state index contributed by atoms with van der Waals surface area (Å²) in [6.07, 6.45) is 8.33. The molecule has 0 radical (unpaired) electrons. The maximum absolute atomic E-state index is 11.7. The molecule has 0 bridgehead atoms. The van der Waals surface area contributed by atoms with Gasteiger partial charge in [0.2, 0.25) is 0 Å². The second-order valence-corrected chi connectivity index (χ2v) is 6.66. The zero-order valence-electron chi connectivity index (χ0n) is 11.7. The minimum atomic E-state index is -0.167. The second-order valence-electron chi connectivity index (χ2n) is 6.66. The summed E-state index contributed by atoms with van der Waals surface area (Å²) in [5.41, 5.74) is -0.167. The van der Waals surface area contributed by atoms with Gasteiger partial charge in [0.15, 0.2) is 0 Å². The van der Waals surface area contributed by atoms with Gasteiger partial charge in [-0.2, -0.15) is 0 Å². The number of ketones is 1. The van der Waals surface area contributed by atoms with Crippen LogP contribution in [0, 0.1) is 11.3 Å². The highest BCUT2D eigenvalue weighted by molar-refractivity contribution is 5.81. The van der Waals surface area contributed by atoms with Gasteiger partial charge in [0, 0.05) is 18.0 Å². The van der Waals surface area contributed by atoms with Crippen molar-refractivity contribution in [3.05, 3.63) is 0 Å². The molecule has 1 aliphatic heterocycles. The Labute approximate surface area is 106 Å². The van der Waals surface area contributed by atoms with E-state index in [2.05, 4.69) is 18.7 Å². The molecule has 0 amide bonds. The molecule has 0 N–H and O–H groups in total. The van der Waals surface area contributed by atoms with Crippen molar-refractivity contribution in [2.24, 2.45) is 11.3 Å². The predicted octanol–water partition coefficient (Wildman–Crippen LogP) is 3.26. The monoisotopic (exact) mass is 237 g/mol. The number of nitrogens with zero attached hydrogens (tertiary/aromatic N) is 1. The summed E-state index contributed by atoms with van der Waals surface area (Å²) in [4.78, 5) is 14.3. The van der Waals surface area contributed by atoms with E-state index in [1.807, 2.05) is 0 Å². The highest BCUT2D eigenvalue weighted by Crippen LogP contribution is 2.36. The van der Waals surface area contributed by atoms with E-state index < -0.39 is 0 Å². The molecule has 2 rings (SSSR count). The Morgan fingerprint density at radius 3 is 2.53 bits per heavy atom. The van der Waals surface area contributed by atoms with Crippen molar-refractivity contribution in [1.82, 2.24) is 4.90 Å². The number of piperidine rings is 1. The van der Waals surface area contributed by atoms with E-state index in [0.29, 0.717) is 5.78 Å². The van der Waals surface area contributed by atoms with Gasteiger partial charge in [0.05, 0.1) is 0 Å². The van der Waals surface area contributed by atoms with E-state index in [9.17, 15) is 4.79 Å². The molecule has 2 unspecified atom stereocenters. The fraction of sp³-hybridized carbons (Fsp3) is 0.933. The van der Waals surface area contributed by atoms with E-state index in [1.165, 1.54) is 45.1 Å². The zero-order valence-corrected chi connectivity index (χ0v) is 11.7. The number of likely N-dealkylation sites (tertiary alicyclic amines) is 1. The van der Waals surface area contributed by atoms with Crippen molar-refractivity contribution in [2.45, 2.75) is 65.3 Å². The van der Waals surface area contributed by atoms with E-state index in [0.717, 1.165) is 18.5 Å². The Kier molecular flexibility index (Phi) is 3.92. The van der Waals surface area contributed by atoms with E-state index in [4.69, 9.17) is 0 Å². The van der Waals surface area contributed by atoms with Gasteiger partial charge in [-0.05, 0) is 45.1 Å². The first kappa shape index (κ1) is 13.1. The van der Waals surface area contributed by atoms with Crippen molar-refractivity contribution in [1.29, 1.82) is 0 Å². The summed E-state index contributed by atoms with van der Waals surface area (Å²) in [7, 11) is 0. The number of rotatable bonds is 3. The third-order valence-electron chi connectivity index (χ3n) is 4.91. The first-order chi connectivity index (χ1) is 8.00. The van der Waals surface area contributed by atoms with E-state index in [1.54, 1.807) is 6.92 Å². The van der Waals surface area contributed by atoms with Gasteiger partial charge >= 0.3 is 0 Å². The third-order valence-corrected chi connectivity index (χ3v) is 4.91. The smallest absolute Gasteiger partial charge is 0.136 e. The van der Waals surface area contributed by atoms with E-state index in [-0.39, 0.29) is 5.41 Å². The Hall–Kier alpha value is -0.370. The molecule has 2 heteroatoms. The fourth-order valence-corrected chi connectivity index (χ4v) is 3.54. The molecule has 0 aromatic rings. The molecule has 1 saturated carbocycles. The maximum Gasteiger partial charge on any atom is 0.136 e. The Morgan fingerprint density at radius 1 is 1.18 bits per heavy atom. The van der Waals surface area contributed by atoms with Gasteiger partial charge in [-0.15, -0.1) is 0 Å². The Morgan fingerprint density at radius 2 is 1.82 bits per heavy atom. The molecule has 0 aromatic heterocycles. The van der Waals surface area contributed by atoms with Crippen molar-refractivity contribution in [3.8, 4) is 0 Å². The van der Waals surface area contributed by atoms with Gasteiger partial charge in [-0.1, -0.05) is 26.7 Å². The van der Waals surface area contributed by atoms with Crippen LogP contribution in [0.2, 0.25) is 0 Å². The molecular formula is C15H27NO. The highest BCUT2D eigenvalue weighted by atomic mass is 16.1. The average molecular weight is 237 g/mol. The first-order valence-electron chi connectivity index (χ1n) is 7.26. The Balaban J connectivity index is 2.01. The number of carbonyl (C=O) groups excluding carboxylic acids is 1. The molecule has 1 saturated heterocycles. The standard InChI is InChI=1S/C15H27NO/c1-12(17)15(2,3)11-16-10-6-8-13-7-4-5-9-14(13)16/h13-14H,4-11H2,1-3H3. The summed E-state index contributed by atoms with van der Waals surface area (Å²) < 4.78 is 0. The first-order valence-corrected chi connectivity index (χ1v) is 7.26. The minimum absolute atomic E-state index is 0.167. The third kappa shape index (κ3) is 2.90. The zero-order chi connectivity index (χ0) is 12.5. The lowest BCUT2D eigenvalue weighted by molar-refractivity contribution is -0.126. The SMILES string of the molecule is CC(=O)C(C)(C)CN1CCCC2CCCCC21. The number of hydrogen-bond acceptors (Lipinski definition) is 2.